The highest BCUT2D eigenvalue weighted by Gasteiger charge is 2.01. The lowest BCUT2D eigenvalue weighted by Crippen LogP contribution is -1.98. The van der Waals surface area contributed by atoms with E-state index in [-0.39, 0.29) is 5.82 Å². The number of benzene rings is 2. The van der Waals surface area contributed by atoms with Crippen LogP contribution >= 0.6 is 12.2 Å². The fourth-order valence-electron chi connectivity index (χ4n) is 2.25. The van der Waals surface area contributed by atoms with Crippen LogP contribution in [-0.4, -0.2) is 4.57 Å². The third-order valence-corrected chi connectivity index (χ3v) is 3.80. The second-order valence-corrected chi connectivity index (χ2v) is 5.29. The monoisotopic (exact) mass is 299 g/mol. The zero-order chi connectivity index (χ0) is 14.8. The maximum atomic E-state index is 13.1. The first-order valence-electron chi connectivity index (χ1n) is 6.60. The summed E-state index contributed by atoms with van der Waals surface area (Å²) in [5.41, 5.74) is 2.11. The SMILES string of the molecule is Cn1c(=S)ccc2cc(COc3cccc(F)c3)ccc21. The number of rotatable bonds is 3. The highest BCUT2D eigenvalue weighted by Crippen LogP contribution is 2.18. The Balaban J connectivity index is 1.85. The number of hydrogen-bond acceptors (Lipinski definition) is 2. The minimum absolute atomic E-state index is 0.295. The normalized spacial score (nSPS) is 10.8. The van der Waals surface area contributed by atoms with Crippen LogP contribution in [0.25, 0.3) is 10.9 Å². The predicted octanol–water partition coefficient (Wildman–Crippen LogP) is 4.63. The quantitative estimate of drug-likeness (QED) is 0.655. The number of hydrogen-bond donors (Lipinski definition) is 0. The van der Waals surface area contributed by atoms with E-state index >= 15 is 0 Å². The molecule has 0 aliphatic carbocycles. The van der Waals surface area contributed by atoms with Crippen molar-refractivity contribution in [3.05, 3.63) is 70.6 Å². The first-order valence-corrected chi connectivity index (χ1v) is 7.01. The summed E-state index contributed by atoms with van der Waals surface area (Å²) in [6.45, 7) is 0.402. The molecule has 0 saturated heterocycles. The number of nitrogens with zero attached hydrogens (tertiary/aromatic N) is 1. The van der Waals surface area contributed by atoms with E-state index in [9.17, 15) is 4.39 Å². The largest absolute Gasteiger partial charge is 0.489 e. The molecule has 1 heterocycles. The van der Waals surface area contributed by atoms with Crippen molar-refractivity contribution in [2.24, 2.45) is 7.05 Å². The number of pyridine rings is 1. The Morgan fingerprint density at radius 1 is 1.10 bits per heavy atom. The van der Waals surface area contributed by atoms with E-state index in [0.29, 0.717) is 12.4 Å². The van der Waals surface area contributed by atoms with Crippen molar-refractivity contribution in [2.45, 2.75) is 6.61 Å². The van der Waals surface area contributed by atoms with Gasteiger partial charge >= 0.3 is 0 Å². The summed E-state index contributed by atoms with van der Waals surface area (Å²) in [6.07, 6.45) is 0. The fourth-order valence-corrected chi connectivity index (χ4v) is 2.41. The second-order valence-electron chi connectivity index (χ2n) is 4.87. The number of aryl methyl sites for hydroxylation is 1. The van der Waals surface area contributed by atoms with Crippen molar-refractivity contribution < 1.29 is 9.13 Å². The molecule has 0 radical (unpaired) electrons. The Morgan fingerprint density at radius 3 is 2.76 bits per heavy atom. The predicted molar refractivity (Wildman–Crippen MR) is 84.5 cm³/mol. The van der Waals surface area contributed by atoms with Gasteiger partial charge in [-0.1, -0.05) is 24.4 Å². The van der Waals surface area contributed by atoms with Crippen LogP contribution in [0.4, 0.5) is 4.39 Å². The highest BCUT2D eigenvalue weighted by atomic mass is 32.1. The minimum Gasteiger partial charge on any atom is -0.489 e. The molecular weight excluding hydrogens is 285 g/mol. The highest BCUT2D eigenvalue weighted by molar-refractivity contribution is 7.71. The zero-order valence-corrected chi connectivity index (χ0v) is 12.4. The van der Waals surface area contributed by atoms with Crippen molar-refractivity contribution in [2.75, 3.05) is 0 Å². The van der Waals surface area contributed by atoms with Gasteiger partial charge < -0.3 is 9.30 Å². The first kappa shape index (κ1) is 13.8. The molecule has 0 bridgehead atoms. The van der Waals surface area contributed by atoms with Crippen molar-refractivity contribution in [1.29, 1.82) is 0 Å². The van der Waals surface area contributed by atoms with Gasteiger partial charge in [0, 0.05) is 18.6 Å². The van der Waals surface area contributed by atoms with Crippen LogP contribution in [0.15, 0.2) is 54.6 Å². The summed E-state index contributed by atoms with van der Waals surface area (Å²) in [7, 11) is 1.95. The van der Waals surface area contributed by atoms with E-state index < -0.39 is 0 Å². The number of fused-ring (bicyclic) bond motifs is 1. The van der Waals surface area contributed by atoms with Gasteiger partial charge in [0.2, 0.25) is 0 Å². The third-order valence-electron chi connectivity index (χ3n) is 3.39. The minimum atomic E-state index is -0.295. The molecule has 3 rings (SSSR count). The van der Waals surface area contributed by atoms with E-state index in [1.165, 1.54) is 12.1 Å². The maximum absolute atomic E-state index is 13.1. The van der Waals surface area contributed by atoms with Crippen LogP contribution in [-0.2, 0) is 13.7 Å². The lowest BCUT2D eigenvalue weighted by atomic mass is 10.1. The van der Waals surface area contributed by atoms with Crippen LogP contribution in [0.2, 0.25) is 0 Å². The average molecular weight is 299 g/mol. The molecule has 2 aromatic carbocycles. The molecule has 1 aromatic heterocycles. The Kier molecular flexibility index (Phi) is 3.71. The molecule has 3 aromatic rings. The van der Waals surface area contributed by atoms with Gasteiger partial charge in [0.1, 0.15) is 22.8 Å². The van der Waals surface area contributed by atoms with E-state index in [4.69, 9.17) is 17.0 Å². The van der Waals surface area contributed by atoms with Gasteiger partial charge in [-0.2, -0.15) is 0 Å². The number of aromatic nitrogens is 1. The fraction of sp³-hybridized carbons (Fsp3) is 0.118. The molecule has 0 unspecified atom stereocenters. The molecule has 0 fully saturated rings. The van der Waals surface area contributed by atoms with Gasteiger partial charge in [0.05, 0.1) is 0 Å². The van der Waals surface area contributed by atoms with Crippen molar-refractivity contribution >= 4 is 23.1 Å². The average Bonchev–Trinajstić information content (AvgIpc) is 2.49. The molecule has 0 amide bonds. The van der Waals surface area contributed by atoms with E-state index in [1.807, 2.05) is 35.9 Å². The van der Waals surface area contributed by atoms with Crippen LogP contribution in [0.3, 0.4) is 0 Å². The lowest BCUT2D eigenvalue weighted by Gasteiger charge is -2.09. The molecule has 0 spiro atoms. The Hall–Kier alpha value is -2.20. The lowest BCUT2D eigenvalue weighted by molar-refractivity contribution is 0.305. The molecular formula is C17H14FNOS. The Bertz CT molecular complexity index is 857. The van der Waals surface area contributed by atoms with Gasteiger partial charge in [-0.25, -0.2) is 4.39 Å². The topological polar surface area (TPSA) is 14.2 Å². The molecule has 4 heteroatoms. The Labute approximate surface area is 127 Å². The van der Waals surface area contributed by atoms with Gasteiger partial charge in [-0.3, -0.25) is 0 Å². The maximum Gasteiger partial charge on any atom is 0.126 e. The van der Waals surface area contributed by atoms with Gasteiger partial charge in [0.15, 0.2) is 0 Å². The summed E-state index contributed by atoms with van der Waals surface area (Å²) in [5, 5.41) is 1.10. The number of halogens is 1. The van der Waals surface area contributed by atoms with E-state index in [2.05, 4.69) is 6.07 Å². The smallest absolute Gasteiger partial charge is 0.126 e. The van der Waals surface area contributed by atoms with Gasteiger partial charge in [0.25, 0.3) is 0 Å². The Morgan fingerprint density at radius 2 is 1.95 bits per heavy atom. The van der Waals surface area contributed by atoms with Crippen LogP contribution in [0.5, 0.6) is 5.75 Å². The summed E-state index contributed by atoms with van der Waals surface area (Å²) >= 11 is 5.24. The van der Waals surface area contributed by atoms with Crippen LogP contribution in [0.1, 0.15) is 5.56 Å². The molecule has 0 saturated carbocycles. The van der Waals surface area contributed by atoms with Crippen molar-refractivity contribution in [3.63, 3.8) is 0 Å². The van der Waals surface area contributed by atoms with Crippen molar-refractivity contribution in [1.82, 2.24) is 4.57 Å². The molecule has 2 nitrogen and oxygen atoms in total. The third kappa shape index (κ3) is 2.95. The summed E-state index contributed by atoms with van der Waals surface area (Å²) in [5.74, 6) is 0.234. The van der Waals surface area contributed by atoms with E-state index in [1.54, 1.807) is 12.1 Å². The summed E-state index contributed by atoms with van der Waals surface area (Å²) < 4.78 is 21.5. The molecule has 0 atom stereocenters. The van der Waals surface area contributed by atoms with E-state index in [0.717, 1.165) is 21.1 Å². The molecule has 0 N–H and O–H groups in total. The van der Waals surface area contributed by atoms with Gasteiger partial charge in [-0.05, 0) is 47.3 Å². The van der Waals surface area contributed by atoms with Crippen LogP contribution < -0.4 is 4.74 Å². The standard InChI is InChI=1S/C17H14FNOS/c1-19-16-7-5-12(9-13(16)6-8-17(19)21)11-20-15-4-2-3-14(18)10-15/h2-10H,11H2,1H3. The van der Waals surface area contributed by atoms with Crippen LogP contribution in [0, 0.1) is 10.5 Å². The number of ether oxygens (including phenoxy) is 1. The molecule has 106 valence electrons. The molecule has 21 heavy (non-hydrogen) atoms. The molecule has 0 aliphatic heterocycles. The second kappa shape index (κ2) is 5.66. The molecule has 0 aliphatic rings. The zero-order valence-electron chi connectivity index (χ0n) is 11.5. The van der Waals surface area contributed by atoms with Gasteiger partial charge in [-0.15, -0.1) is 0 Å². The summed E-state index contributed by atoms with van der Waals surface area (Å²) in [6, 6.07) is 16.1. The first-order chi connectivity index (χ1) is 10.1. The summed E-state index contributed by atoms with van der Waals surface area (Å²) in [4.78, 5) is 0. The van der Waals surface area contributed by atoms with Crippen molar-refractivity contribution in [3.8, 4) is 5.75 Å².